The fraction of sp³-hybridized carbons (Fsp3) is 0.588. The second-order valence-electron chi connectivity index (χ2n) is 6.38. The molecule has 3 rings (SSSR count). The molecule has 1 amide bonds. The topological polar surface area (TPSA) is 23.6 Å². The van der Waals surface area contributed by atoms with Gasteiger partial charge < -0.3 is 9.80 Å². The third-order valence-electron chi connectivity index (χ3n) is 4.67. The number of carbonyl (C=O) groups excluding carboxylic acids is 1. The Labute approximate surface area is 121 Å². The van der Waals surface area contributed by atoms with E-state index in [1.54, 1.807) is 0 Å². The number of benzene rings is 1. The Morgan fingerprint density at radius 3 is 2.80 bits per heavy atom. The SMILES string of the molecule is Cc1ccc(C(=O)N2CCN3CCCC(C3)C2)c(C)c1. The van der Waals surface area contributed by atoms with Gasteiger partial charge >= 0.3 is 0 Å². The van der Waals surface area contributed by atoms with E-state index in [4.69, 9.17) is 0 Å². The summed E-state index contributed by atoms with van der Waals surface area (Å²) < 4.78 is 0. The summed E-state index contributed by atoms with van der Waals surface area (Å²) >= 11 is 0. The van der Waals surface area contributed by atoms with Gasteiger partial charge in [-0.15, -0.1) is 0 Å². The van der Waals surface area contributed by atoms with Crippen LogP contribution in [0.1, 0.15) is 34.3 Å². The summed E-state index contributed by atoms with van der Waals surface area (Å²) in [5.41, 5.74) is 3.20. The summed E-state index contributed by atoms with van der Waals surface area (Å²) in [5, 5.41) is 0. The lowest BCUT2D eigenvalue weighted by molar-refractivity contribution is 0.0745. The number of hydrogen-bond donors (Lipinski definition) is 0. The minimum Gasteiger partial charge on any atom is -0.337 e. The average Bonchev–Trinajstić information content (AvgIpc) is 2.56. The monoisotopic (exact) mass is 272 g/mol. The number of fused-ring (bicyclic) bond motifs is 2. The number of piperidine rings is 1. The maximum absolute atomic E-state index is 12.8. The quantitative estimate of drug-likeness (QED) is 0.784. The van der Waals surface area contributed by atoms with Gasteiger partial charge in [0.2, 0.25) is 0 Å². The third-order valence-corrected chi connectivity index (χ3v) is 4.67. The van der Waals surface area contributed by atoms with Crippen molar-refractivity contribution in [2.75, 3.05) is 32.7 Å². The lowest BCUT2D eigenvalue weighted by Gasteiger charge is -2.29. The van der Waals surface area contributed by atoms with Gasteiger partial charge in [-0.1, -0.05) is 17.7 Å². The van der Waals surface area contributed by atoms with Crippen molar-refractivity contribution in [1.82, 2.24) is 9.80 Å². The van der Waals surface area contributed by atoms with Crippen molar-refractivity contribution in [2.24, 2.45) is 5.92 Å². The number of hydrogen-bond acceptors (Lipinski definition) is 2. The molecule has 2 aliphatic heterocycles. The fourth-order valence-electron chi connectivity index (χ4n) is 3.58. The Balaban J connectivity index is 1.79. The molecule has 3 nitrogen and oxygen atoms in total. The van der Waals surface area contributed by atoms with E-state index in [2.05, 4.69) is 22.8 Å². The number of nitrogens with zero attached hydrogens (tertiary/aromatic N) is 2. The molecule has 108 valence electrons. The Kier molecular flexibility index (Phi) is 3.79. The molecule has 2 heterocycles. The molecular formula is C17H24N2O. The highest BCUT2D eigenvalue weighted by Gasteiger charge is 2.29. The maximum atomic E-state index is 12.8. The number of amides is 1. The molecule has 20 heavy (non-hydrogen) atoms. The first-order chi connectivity index (χ1) is 9.63. The van der Waals surface area contributed by atoms with E-state index in [1.165, 1.54) is 31.5 Å². The normalized spacial score (nSPS) is 26.2. The predicted octanol–water partition coefficient (Wildman–Crippen LogP) is 2.47. The molecule has 2 bridgehead atoms. The Morgan fingerprint density at radius 1 is 1.15 bits per heavy atom. The highest BCUT2D eigenvalue weighted by molar-refractivity contribution is 5.95. The zero-order chi connectivity index (χ0) is 14.1. The molecule has 0 spiro atoms. The molecule has 1 aromatic rings. The molecule has 0 aliphatic carbocycles. The number of rotatable bonds is 1. The summed E-state index contributed by atoms with van der Waals surface area (Å²) in [6.07, 6.45) is 2.56. The van der Waals surface area contributed by atoms with E-state index in [-0.39, 0.29) is 5.91 Å². The molecule has 2 saturated heterocycles. The largest absolute Gasteiger partial charge is 0.337 e. The van der Waals surface area contributed by atoms with Gasteiger partial charge in [0.1, 0.15) is 0 Å². The van der Waals surface area contributed by atoms with Crippen LogP contribution in [-0.4, -0.2) is 48.4 Å². The summed E-state index contributed by atoms with van der Waals surface area (Å²) in [5.74, 6) is 0.886. The first-order valence-electron chi connectivity index (χ1n) is 7.72. The highest BCUT2D eigenvalue weighted by Crippen LogP contribution is 2.22. The molecule has 2 fully saturated rings. The molecule has 0 radical (unpaired) electrons. The Morgan fingerprint density at radius 2 is 2.00 bits per heavy atom. The highest BCUT2D eigenvalue weighted by atomic mass is 16.2. The van der Waals surface area contributed by atoms with Crippen molar-refractivity contribution in [3.63, 3.8) is 0 Å². The van der Waals surface area contributed by atoms with Gasteiger partial charge in [-0.25, -0.2) is 0 Å². The Bertz CT molecular complexity index is 512. The maximum Gasteiger partial charge on any atom is 0.254 e. The van der Waals surface area contributed by atoms with Crippen LogP contribution in [0.3, 0.4) is 0 Å². The molecule has 0 saturated carbocycles. The van der Waals surface area contributed by atoms with Crippen molar-refractivity contribution >= 4 is 5.91 Å². The van der Waals surface area contributed by atoms with Crippen molar-refractivity contribution in [3.05, 3.63) is 34.9 Å². The molecule has 2 unspecified atom stereocenters. The summed E-state index contributed by atoms with van der Waals surface area (Å²) in [6.45, 7) is 9.35. The van der Waals surface area contributed by atoms with Gasteiger partial charge in [0.25, 0.3) is 5.91 Å². The van der Waals surface area contributed by atoms with Gasteiger partial charge in [-0.2, -0.15) is 0 Å². The standard InChI is InChI=1S/C17H24N2O/c1-13-5-6-16(14(2)10-13)17(20)19-9-8-18-7-3-4-15(11-18)12-19/h5-6,10,15H,3-4,7-9,11-12H2,1-2H3. The van der Waals surface area contributed by atoms with Crippen molar-refractivity contribution in [1.29, 1.82) is 0 Å². The number of carbonyl (C=O) groups is 1. The van der Waals surface area contributed by atoms with E-state index < -0.39 is 0 Å². The smallest absolute Gasteiger partial charge is 0.254 e. The third kappa shape index (κ3) is 2.73. The molecular weight excluding hydrogens is 248 g/mol. The van der Waals surface area contributed by atoms with E-state index in [9.17, 15) is 4.79 Å². The van der Waals surface area contributed by atoms with E-state index >= 15 is 0 Å². The zero-order valence-electron chi connectivity index (χ0n) is 12.6. The molecule has 1 aromatic carbocycles. The van der Waals surface area contributed by atoms with Crippen LogP contribution in [0.4, 0.5) is 0 Å². The molecule has 2 aliphatic rings. The van der Waals surface area contributed by atoms with Gasteiger partial charge in [0, 0.05) is 31.7 Å². The minimum atomic E-state index is 0.219. The van der Waals surface area contributed by atoms with Crippen LogP contribution in [0.15, 0.2) is 18.2 Å². The molecule has 0 aromatic heterocycles. The Hall–Kier alpha value is -1.35. The average molecular weight is 272 g/mol. The van der Waals surface area contributed by atoms with Crippen LogP contribution < -0.4 is 0 Å². The van der Waals surface area contributed by atoms with E-state index in [0.29, 0.717) is 5.92 Å². The van der Waals surface area contributed by atoms with E-state index in [0.717, 1.165) is 30.8 Å². The summed E-state index contributed by atoms with van der Waals surface area (Å²) in [4.78, 5) is 17.4. The second kappa shape index (κ2) is 5.57. The van der Waals surface area contributed by atoms with Crippen LogP contribution in [0, 0.1) is 19.8 Å². The molecule has 3 heteroatoms. The van der Waals surface area contributed by atoms with Crippen LogP contribution >= 0.6 is 0 Å². The lowest BCUT2D eigenvalue weighted by Crippen LogP contribution is -2.36. The lowest BCUT2D eigenvalue weighted by atomic mass is 9.98. The van der Waals surface area contributed by atoms with Crippen LogP contribution in [0.5, 0.6) is 0 Å². The summed E-state index contributed by atoms with van der Waals surface area (Å²) in [6, 6.07) is 6.14. The van der Waals surface area contributed by atoms with Gasteiger partial charge in [-0.05, 0) is 50.8 Å². The first-order valence-corrected chi connectivity index (χ1v) is 7.72. The number of aryl methyl sites for hydroxylation is 2. The zero-order valence-corrected chi connectivity index (χ0v) is 12.6. The summed E-state index contributed by atoms with van der Waals surface area (Å²) in [7, 11) is 0. The van der Waals surface area contributed by atoms with Crippen molar-refractivity contribution < 1.29 is 4.79 Å². The van der Waals surface area contributed by atoms with Crippen LogP contribution in [-0.2, 0) is 0 Å². The first kappa shape index (κ1) is 13.6. The predicted molar refractivity (Wildman–Crippen MR) is 81.0 cm³/mol. The van der Waals surface area contributed by atoms with Crippen molar-refractivity contribution in [3.8, 4) is 0 Å². The van der Waals surface area contributed by atoms with Crippen LogP contribution in [0.25, 0.3) is 0 Å². The van der Waals surface area contributed by atoms with Gasteiger partial charge in [-0.3, -0.25) is 4.79 Å². The van der Waals surface area contributed by atoms with Gasteiger partial charge in [0.15, 0.2) is 0 Å². The molecule has 2 atom stereocenters. The van der Waals surface area contributed by atoms with E-state index in [1.807, 2.05) is 19.1 Å². The minimum absolute atomic E-state index is 0.219. The molecule has 0 N–H and O–H groups in total. The second-order valence-corrected chi connectivity index (χ2v) is 6.38. The fourth-order valence-corrected chi connectivity index (χ4v) is 3.58. The van der Waals surface area contributed by atoms with Gasteiger partial charge in [0.05, 0.1) is 0 Å². The van der Waals surface area contributed by atoms with Crippen LogP contribution in [0.2, 0.25) is 0 Å². The van der Waals surface area contributed by atoms with Crippen molar-refractivity contribution in [2.45, 2.75) is 26.7 Å².